The van der Waals surface area contributed by atoms with Gasteiger partial charge >= 0.3 is 0 Å². The van der Waals surface area contributed by atoms with Crippen molar-refractivity contribution < 1.29 is 4.74 Å². The van der Waals surface area contributed by atoms with Gasteiger partial charge in [-0.1, -0.05) is 42.5 Å². The number of H-pyrrole nitrogens is 1. The molecule has 0 amide bonds. The van der Waals surface area contributed by atoms with Gasteiger partial charge in [0.05, 0.1) is 22.3 Å². The summed E-state index contributed by atoms with van der Waals surface area (Å²) in [7, 11) is 0. The Morgan fingerprint density at radius 1 is 0.800 bits per heavy atom. The average molecular weight is 390 g/mol. The smallest absolute Gasteiger partial charge is 0.155 e. The maximum absolute atomic E-state index is 6.13. The molecule has 5 rings (SSSR count). The number of nitrogens with one attached hydrogen (secondary N) is 1. The average Bonchev–Trinajstić information content (AvgIpc) is 3.16. The number of hydrogen-bond donors (Lipinski definition) is 2. The Balaban J connectivity index is 1.57. The van der Waals surface area contributed by atoms with Crippen LogP contribution in [0.2, 0.25) is 0 Å². The van der Waals surface area contributed by atoms with Crippen LogP contribution in [0.1, 0.15) is 5.56 Å². The molecule has 0 saturated heterocycles. The van der Waals surface area contributed by atoms with E-state index < -0.39 is 0 Å². The van der Waals surface area contributed by atoms with Crippen LogP contribution in [0, 0.1) is 6.92 Å². The SMILES string of the molecule is [CH]c1ccc(-c2cc3[nH]nc(N)c3c(-c3ccc(Oc4ccccc4)cc3)n2)cc1. The Labute approximate surface area is 174 Å². The summed E-state index contributed by atoms with van der Waals surface area (Å²) in [5.74, 6) is 1.95. The summed E-state index contributed by atoms with van der Waals surface area (Å²) in [6, 6.07) is 27.0. The Hall–Kier alpha value is -4.12. The number of pyridine rings is 1. The number of nitrogens with zero attached hydrogens (tertiary/aromatic N) is 2. The molecule has 0 aliphatic rings. The number of anilines is 1. The number of hydrogen-bond acceptors (Lipinski definition) is 4. The Kier molecular flexibility index (Phi) is 4.41. The standard InChI is InChI=1S/C25H18N4O/c1-16-7-9-17(10-8-16)21-15-22-23(25(26)29-28-22)24(27-21)18-11-13-20(14-12-18)30-19-5-3-2-4-6-19/h1-15H,(H3,26,28,29). The van der Waals surface area contributed by atoms with Crippen molar-refractivity contribution in [2.24, 2.45) is 0 Å². The van der Waals surface area contributed by atoms with Gasteiger partial charge in [-0.25, -0.2) is 4.98 Å². The lowest BCUT2D eigenvalue weighted by atomic mass is 10.0. The molecule has 5 nitrogen and oxygen atoms in total. The Bertz CT molecular complexity index is 1310. The number of ether oxygens (including phenoxy) is 1. The summed E-state index contributed by atoms with van der Waals surface area (Å²) in [6.07, 6.45) is 0. The molecule has 0 atom stereocenters. The van der Waals surface area contributed by atoms with Crippen molar-refractivity contribution in [1.29, 1.82) is 0 Å². The number of para-hydroxylation sites is 1. The molecule has 0 bridgehead atoms. The van der Waals surface area contributed by atoms with Crippen LogP contribution in [0.3, 0.4) is 0 Å². The minimum atomic E-state index is 0.418. The van der Waals surface area contributed by atoms with E-state index in [1.807, 2.05) is 84.9 Å². The molecule has 0 fully saturated rings. The van der Waals surface area contributed by atoms with Gasteiger partial charge in [-0.15, -0.1) is 0 Å². The molecule has 3 N–H and O–H groups in total. The zero-order chi connectivity index (χ0) is 20.5. The molecular formula is C25H18N4O. The normalized spacial score (nSPS) is 11.0. The molecule has 2 aromatic heterocycles. The van der Waals surface area contributed by atoms with Gasteiger partial charge < -0.3 is 10.5 Å². The third kappa shape index (κ3) is 3.37. The van der Waals surface area contributed by atoms with E-state index in [0.29, 0.717) is 11.4 Å². The van der Waals surface area contributed by atoms with E-state index in [0.717, 1.165) is 44.9 Å². The first-order valence-electron chi connectivity index (χ1n) is 9.51. The van der Waals surface area contributed by atoms with E-state index in [-0.39, 0.29) is 0 Å². The van der Waals surface area contributed by atoms with Crippen LogP contribution >= 0.6 is 0 Å². The highest BCUT2D eigenvalue weighted by Crippen LogP contribution is 2.34. The van der Waals surface area contributed by atoms with Crippen LogP contribution in [0.15, 0.2) is 84.9 Å². The van der Waals surface area contributed by atoms with Crippen LogP contribution < -0.4 is 10.5 Å². The van der Waals surface area contributed by atoms with Crippen LogP contribution in [-0.2, 0) is 0 Å². The second-order valence-corrected chi connectivity index (χ2v) is 6.95. The fourth-order valence-electron chi connectivity index (χ4n) is 3.39. The van der Waals surface area contributed by atoms with Gasteiger partial charge in [0.25, 0.3) is 0 Å². The lowest BCUT2D eigenvalue weighted by Gasteiger charge is -2.10. The van der Waals surface area contributed by atoms with Gasteiger partial charge in [-0.3, -0.25) is 5.10 Å². The molecule has 0 aliphatic heterocycles. The van der Waals surface area contributed by atoms with E-state index in [9.17, 15) is 0 Å². The van der Waals surface area contributed by atoms with Crippen molar-refractivity contribution in [2.45, 2.75) is 0 Å². The molecule has 3 aromatic carbocycles. The molecule has 0 aliphatic carbocycles. The predicted molar refractivity (Wildman–Crippen MR) is 119 cm³/mol. The quantitative estimate of drug-likeness (QED) is 0.411. The van der Waals surface area contributed by atoms with Crippen LogP contribution in [0.4, 0.5) is 5.82 Å². The van der Waals surface area contributed by atoms with E-state index in [1.165, 1.54) is 0 Å². The Morgan fingerprint density at radius 3 is 2.20 bits per heavy atom. The van der Waals surface area contributed by atoms with E-state index >= 15 is 0 Å². The summed E-state index contributed by atoms with van der Waals surface area (Å²) < 4.78 is 5.89. The second kappa shape index (κ2) is 7.37. The molecule has 0 saturated carbocycles. The highest BCUT2D eigenvalue weighted by molar-refractivity contribution is 6.01. The molecule has 2 heterocycles. The molecule has 0 spiro atoms. The van der Waals surface area contributed by atoms with Crippen molar-refractivity contribution in [3.8, 4) is 34.0 Å². The molecule has 5 aromatic rings. The van der Waals surface area contributed by atoms with Gasteiger partial charge in [0.15, 0.2) is 5.82 Å². The summed E-state index contributed by atoms with van der Waals surface area (Å²) in [4.78, 5) is 4.90. The third-order valence-corrected chi connectivity index (χ3v) is 4.89. The minimum absolute atomic E-state index is 0.418. The van der Waals surface area contributed by atoms with E-state index in [4.69, 9.17) is 22.4 Å². The zero-order valence-electron chi connectivity index (χ0n) is 16.0. The van der Waals surface area contributed by atoms with Gasteiger partial charge in [0.2, 0.25) is 0 Å². The van der Waals surface area contributed by atoms with Gasteiger partial charge in [-0.2, -0.15) is 5.10 Å². The van der Waals surface area contributed by atoms with Crippen molar-refractivity contribution in [1.82, 2.24) is 15.2 Å². The largest absolute Gasteiger partial charge is 0.457 e. The van der Waals surface area contributed by atoms with Gasteiger partial charge in [0, 0.05) is 11.1 Å². The van der Waals surface area contributed by atoms with Crippen molar-refractivity contribution in [2.75, 3.05) is 5.73 Å². The number of nitrogen functional groups attached to an aromatic ring is 1. The first-order chi connectivity index (χ1) is 14.7. The molecule has 2 radical (unpaired) electrons. The number of benzene rings is 3. The minimum Gasteiger partial charge on any atom is -0.457 e. The summed E-state index contributed by atoms with van der Waals surface area (Å²) in [5, 5.41) is 7.97. The van der Waals surface area contributed by atoms with Crippen molar-refractivity contribution in [3.05, 3.63) is 97.4 Å². The number of fused-ring (bicyclic) bond motifs is 1. The Morgan fingerprint density at radius 2 is 1.47 bits per heavy atom. The van der Waals surface area contributed by atoms with Crippen LogP contribution in [-0.4, -0.2) is 15.2 Å². The first kappa shape index (κ1) is 17.9. The molecule has 144 valence electrons. The van der Waals surface area contributed by atoms with Crippen molar-refractivity contribution in [3.63, 3.8) is 0 Å². The van der Waals surface area contributed by atoms with E-state index in [2.05, 4.69) is 10.2 Å². The number of rotatable bonds is 4. The van der Waals surface area contributed by atoms with Gasteiger partial charge in [0.1, 0.15) is 11.5 Å². The van der Waals surface area contributed by atoms with Gasteiger partial charge in [-0.05, 0) is 55.0 Å². The number of aromatic amines is 1. The second-order valence-electron chi connectivity index (χ2n) is 6.95. The number of aromatic nitrogens is 3. The summed E-state index contributed by atoms with van der Waals surface area (Å²) in [6.45, 7) is 5.82. The lowest BCUT2D eigenvalue weighted by Crippen LogP contribution is -1.93. The highest BCUT2D eigenvalue weighted by Gasteiger charge is 2.15. The summed E-state index contributed by atoms with van der Waals surface area (Å²) in [5.41, 5.74) is 11.1. The number of nitrogens with two attached hydrogens (primary N) is 1. The third-order valence-electron chi connectivity index (χ3n) is 4.89. The molecule has 30 heavy (non-hydrogen) atoms. The highest BCUT2D eigenvalue weighted by atomic mass is 16.5. The van der Waals surface area contributed by atoms with E-state index in [1.54, 1.807) is 0 Å². The maximum Gasteiger partial charge on any atom is 0.155 e. The maximum atomic E-state index is 6.13. The summed E-state index contributed by atoms with van der Waals surface area (Å²) >= 11 is 0. The molecule has 5 heteroatoms. The fourth-order valence-corrected chi connectivity index (χ4v) is 3.39. The fraction of sp³-hybridized carbons (Fsp3) is 0. The zero-order valence-corrected chi connectivity index (χ0v) is 16.0. The van der Waals surface area contributed by atoms with Crippen LogP contribution in [0.25, 0.3) is 33.4 Å². The van der Waals surface area contributed by atoms with Crippen LogP contribution in [0.5, 0.6) is 11.5 Å². The lowest BCUT2D eigenvalue weighted by molar-refractivity contribution is 0.483. The predicted octanol–water partition coefficient (Wildman–Crippen LogP) is 5.73. The topological polar surface area (TPSA) is 76.8 Å². The van der Waals surface area contributed by atoms with Crippen molar-refractivity contribution >= 4 is 16.7 Å². The molecular weight excluding hydrogens is 372 g/mol. The first-order valence-corrected chi connectivity index (χ1v) is 9.51. The molecule has 0 unspecified atom stereocenters. The monoisotopic (exact) mass is 390 g/mol.